The molecule has 2 rings (SSSR count). The van der Waals surface area contributed by atoms with Crippen molar-refractivity contribution in [2.75, 3.05) is 0 Å². The number of nitrogens with zero attached hydrogens (tertiary/aromatic N) is 1. The van der Waals surface area contributed by atoms with Crippen LogP contribution >= 0.6 is 27.3 Å². The fourth-order valence-electron chi connectivity index (χ4n) is 1.04. The van der Waals surface area contributed by atoms with Crippen LogP contribution in [0.1, 0.15) is 5.69 Å². The van der Waals surface area contributed by atoms with Crippen LogP contribution in [0.15, 0.2) is 14.6 Å². The number of aryl methyl sites for hydroxylation is 1. The Kier molecular flexibility index (Phi) is 1.77. The first-order chi connectivity index (χ1) is 5.68. The third-order valence-corrected chi connectivity index (χ3v) is 3.35. The number of thiophene rings is 1. The van der Waals surface area contributed by atoms with E-state index < -0.39 is 0 Å². The summed E-state index contributed by atoms with van der Waals surface area (Å²) in [5.74, 6) is 0. The van der Waals surface area contributed by atoms with Crippen LogP contribution in [0.3, 0.4) is 0 Å². The first kappa shape index (κ1) is 7.94. The van der Waals surface area contributed by atoms with Crippen LogP contribution in [0, 0.1) is 6.92 Å². The molecular weight excluding hydrogens is 240 g/mol. The number of H-pyrrole nitrogens is 1. The molecule has 0 amide bonds. The van der Waals surface area contributed by atoms with Crippen molar-refractivity contribution in [1.29, 1.82) is 0 Å². The van der Waals surface area contributed by atoms with Crippen molar-refractivity contribution in [3.05, 3.63) is 25.9 Å². The minimum Gasteiger partial charge on any atom is -0.267 e. The van der Waals surface area contributed by atoms with Crippen LogP contribution in [-0.4, -0.2) is 10.2 Å². The number of aromatic amines is 1. The zero-order valence-corrected chi connectivity index (χ0v) is 8.62. The molecule has 3 nitrogen and oxygen atoms in total. The van der Waals surface area contributed by atoms with Gasteiger partial charge in [0.25, 0.3) is 5.56 Å². The van der Waals surface area contributed by atoms with E-state index in [1.165, 1.54) is 11.3 Å². The molecule has 5 heteroatoms. The van der Waals surface area contributed by atoms with Crippen molar-refractivity contribution in [3.8, 4) is 0 Å². The fourth-order valence-corrected chi connectivity index (χ4v) is 2.59. The summed E-state index contributed by atoms with van der Waals surface area (Å²) in [7, 11) is 0. The lowest BCUT2D eigenvalue weighted by Crippen LogP contribution is -2.07. The monoisotopic (exact) mass is 244 g/mol. The highest BCUT2D eigenvalue weighted by Gasteiger charge is 2.06. The highest BCUT2D eigenvalue weighted by molar-refractivity contribution is 9.11. The van der Waals surface area contributed by atoms with Crippen LogP contribution in [0.4, 0.5) is 0 Å². The van der Waals surface area contributed by atoms with Gasteiger partial charge in [0.15, 0.2) is 0 Å². The van der Waals surface area contributed by atoms with E-state index in [0.29, 0.717) is 5.39 Å². The topological polar surface area (TPSA) is 45.8 Å². The number of rotatable bonds is 0. The van der Waals surface area contributed by atoms with Gasteiger partial charge in [0.2, 0.25) is 0 Å². The fraction of sp³-hybridized carbons (Fsp3) is 0.143. The molecule has 0 aliphatic heterocycles. The van der Waals surface area contributed by atoms with E-state index in [-0.39, 0.29) is 5.56 Å². The lowest BCUT2D eigenvalue weighted by atomic mass is 10.3. The van der Waals surface area contributed by atoms with E-state index in [4.69, 9.17) is 0 Å². The summed E-state index contributed by atoms with van der Waals surface area (Å²) in [4.78, 5) is 11.2. The molecule has 0 fully saturated rings. The van der Waals surface area contributed by atoms with Gasteiger partial charge in [-0.25, -0.2) is 5.10 Å². The van der Waals surface area contributed by atoms with Crippen molar-refractivity contribution in [2.45, 2.75) is 6.92 Å². The average molecular weight is 245 g/mol. The molecule has 0 aliphatic rings. The Morgan fingerprint density at radius 1 is 1.67 bits per heavy atom. The summed E-state index contributed by atoms with van der Waals surface area (Å²) < 4.78 is 1.91. The third kappa shape index (κ3) is 1.09. The number of nitrogens with one attached hydrogen (secondary N) is 1. The summed E-state index contributed by atoms with van der Waals surface area (Å²) in [5, 5.41) is 7.02. The van der Waals surface area contributed by atoms with Crippen LogP contribution in [-0.2, 0) is 0 Å². The predicted octanol–water partition coefficient (Wildman–Crippen LogP) is 2.06. The normalized spacial score (nSPS) is 10.8. The van der Waals surface area contributed by atoms with Gasteiger partial charge in [-0.05, 0) is 28.9 Å². The van der Waals surface area contributed by atoms with Crippen molar-refractivity contribution in [2.24, 2.45) is 0 Å². The Morgan fingerprint density at radius 3 is 3.08 bits per heavy atom. The third-order valence-electron chi connectivity index (χ3n) is 1.60. The van der Waals surface area contributed by atoms with Crippen molar-refractivity contribution in [1.82, 2.24) is 10.2 Å². The number of halogens is 1. The summed E-state index contributed by atoms with van der Waals surface area (Å²) in [6.45, 7) is 1.88. The van der Waals surface area contributed by atoms with Gasteiger partial charge in [0, 0.05) is 0 Å². The van der Waals surface area contributed by atoms with Gasteiger partial charge in [-0.2, -0.15) is 5.10 Å². The number of aromatic nitrogens is 2. The first-order valence-corrected chi connectivity index (χ1v) is 4.94. The SMILES string of the molecule is Cc1n[nH]c(=O)c2cc(Br)sc12. The molecule has 0 saturated heterocycles. The van der Waals surface area contributed by atoms with Crippen LogP contribution in [0.2, 0.25) is 0 Å². The van der Waals surface area contributed by atoms with Gasteiger partial charge in [-0.1, -0.05) is 0 Å². The molecule has 0 bridgehead atoms. The minimum atomic E-state index is -0.127. The first-order valence-electron chi connectivity index (χ1n) is 3.33. The maximum absolute atomic E-state index is 11.2. The smallest absolute Gasteiger partial charge is 0.267 e. The van der Waals surface area contributed by atoms with E-state index in [2.05, 4.69) is 26.1 Å². The highest BCUT2D eigenvalue weighted by Crippen LogP contribution is 2.28. The summed E-state index contributed by atoms with van der Waals surface area (Å²) >= 11 is 4.86. The summed E-state index contributed by atoms with van der Waals surface area (Å²) in [5.41, 5.74) is 0.734. The number of fused-ring (bicyclic) bond motifs is 1. The molecular formula is C7H5BrN2OS. The maximum Gasteiger partial charge on any atom is 0.272 e. The lowest BCUT2D eigenvalue weighted by Gasteiger charge is -1.90. The van der Waals surface area contributed by atoms with Gasteiger partial charge in [0.1, 0.15) is 0 Å². The molecule has 2 aromatic rings. The van der Waals surface area contributed by atoms with Gasteiger partial charge < -0.3 is 0 Å². The quantitative estimate of drug-likeness (QED) is 0.772. The Labute approximate surface area is 80.6 Å². The van der Waals surface area contributed by atoms with E-state index in [0.717, 1.165) is 14.2 Å². The maximum atomic E-state index is 11.2. The second-order valence-corrected chi connectivity index (χ2v) is 4.86. The largest absolute Gasteiger partial charge is 0.272 e. The molecule has 2 heterocycles. The Balaban J connectivity index is 3.03. The average Bonchev–Trinajstić information content (AvgIpc) is 2.41. The van der Waals surface area contributed by atoms with Crippen LogP contribution < -0.4 is 5.56 Å². The van der Waals surface area contributed by atoms with E-state index in [1.807, 2.05) is 13.0 Å². The lowest BCUT2D eigenvalue weighted by molar-refractivity contribution is 0.973. The second-order valence-electron chi connectivity index (χ2n) is 2.43. The van der Waals surface area contributed by atoms with Crippen molar-refractivity contribution < 1.29 is 0 Å². The van der Waals surface area contributed by atoms with Crippen LogP contribution in [0.25, 0.3) is 10.1 Å². The van der Waals surface area contributed by atoms with Crippen molar-refractivity contribution >= 4 is 37.4 Å². The zero-order chi connectivity index (χ0) is 8.72. The molecule has 0 atom stereocenters. The van der Waals surface area contributed by atoms with E-state index in [9.17, 15) is 4.79 Å². The van der Waals surface area contributed by atoms with Gasteiger partial charge in [-0.15, -0.1) is 11.3 Å². The molecule has 12 heavy (non-hydrogen) atoms. The summed E-state index contributed by atoms with van der Waals surface area (Å²) in [6, 6.07) is 1.81. The molecule has 62 valence electrons. The molecule has 0 unspecified atom stereocenters. The van der Waals surface area contributed by atoms with Gasteiger partial charge in [0.05, 0.1) is 19.6 Å². The molecule has 0 saturated carbocycles. The number of hydrogen-bond acceptors (Lipinski definition) is 3. The highest BCUT2D eigenvalue weighted by atomic mass is 79.9. The van der Waals surface area contributed by atoms with Gasteiger partial charge in [-0.3, -0.25) is 4.79 Å². The van der Waals surface area contributed by atoms with Crippen LogP contribution in [0.5, 0.6) is 0 Å². The minimum absolute atomic E-state index is 0.127. The van der Waals surface area contributed by atoms with E-state index >= 15 is 0 Å². The molecule has 0 radical (unpaired) electrons. The molecule has 2 aromatic heterocycles. The summed E-state index contributed by atoms with van der Waals surface area (Å²) in [6.07, 6.45) is 0. The Hall–Kier alpha value is -0.680. The predicted molar refractivity (Wildman–Crippen MR) is 52.7 cm³/mol. The number of hydrogen-bond donors (Lipinski definition) is 1. The Morgan fingerprint density at radius 2 is 2.42 bits per heavy atom. The molecule has 0 aromatic carbocycles. The second kappa shape index (κ2) is 2.67. The van der Waals surface area contributed by atoms with E-state index in [1.54, 1.807) is 0 Å². The molecule has 0 spiro atoms. The Bertz CT molecular complexity index is 488. The molecule has 0 aliphatic carbocycles. The van der Waals surface area contributed by atoms with Crippen molar-refractivity contribution in [3.63, 3.8) is 0 Å². The standard InChI is InChI=1S/C7H5BrN2OS/c1-3-6-4(2-5(8)12-6)7(11)10-9-3/h2H,1H3,(H,10,11). The van der Waals surface area contributed by atoms with Gasteiger partial charge >= 0.3 is 0 Å². The zero-order valence-electron chi connectivity index (χ0n) is 6.22. The molecule has 1 N–H and O–H groups in total.